The largest absolute Gasteiger partial charge is 0.490 e. The number of ether oxygens (including phenoxy) is 1. The number of carbonyl (C=O) groups is 1. The lowest BCUT2D eigenvalue weighted by molar-refractivity contribution is 0.181. The Balaban J connectivity index is 1.74. The summed E-state index contributed by atoms with van der Waals surface area (Å²) in [4.78, 5) is 18.6. The third kappa shape index (κ3) is 3.31. The summed E-state index contributed by atoms with van der Waals surface area (Å²) in [6.07, 6.45) is 4.36. The fraction of sp³-hybridized carbons (Fsp3) is 0.400. The van der Waals surface area contributed by atoms with Crippen molar-refractivity contribution in [1.82, 2.24) is 15.2 Å². The van der Waals surface area contributed by atoms with Crippen molar-refractivity contribution >= 4 is 6.03 Å². The fourth-order valence-electron chi connectivity index (χ4n) is 3.36. The highest BCUT2D eigenvalue weighted by atomic mass is 16.5. The minimum absolute atomic E-state index is 0.0181. The first-order chi connectivity index (χ1) is 12.0. The molecule has 5 nitrogen and oxygen atoms in total. The van der Waals surface area contributed by atoms with E-state index in [1.54, 1.807) is 17.3 Å². The standard InChI is InChI=1S/C20H25N3O2/c1-5-18(15-8-10-21-11-9-15)23(4)20(24)22-17-12-25-19-14(3)13(2)6-7-16(17)19/h6-11,17-18H,5,12H2,1-4H3,(H,22,24). The second-order valence-corrected chi connectivity index (χ2v) is 6.55. The molecular weight excluding hydrogens is 314 g/mol. The van der Waals surface area contributed by atoms with Gasteiger partial charge in [-0.2, -0.15) is 0 Å². The van der Waals surface area contributed by atoms with E-state index in [4.69, 9.17) is 4.74 Å². The lowest BCUT2D eigenvalue weighted by Gasteiger charge is -2.29. The van der Waals surface area contributed by atoms with Crippen LogP contribution in [0.5, 0.6) is 5.75 Å². The highest BCUT2D eigenvalue weighted by Crippen LogP contribution is 2.36. The first-order valence-electron chi connectivity index (χ1n) is 8.69. The molecule has 1 N–H and O–H groups in total. The van der Waals surface area contributed by atoms with E-state index in [0.29, 0.717) is 6.61 Å². The molecule has 2 amide bonds. The number of hydrogen-bond donors (Lipinski definition) is 1. The van der Waals surface area contributed by atoms with Crippen molar-refractivity contribution < 1.29 is 9.53 Å². The molecule has 0 saturated carbocycles. The maximum atomic E-state index is 12.8. The number of nitrogens with zero attached hydrogens (tertiary/aromatic N) is 2. The number of carbonyl (C=O) groups excluding carboxylic acids is 1. The number of nitrogens with one attached hydrogen (secondary N) is 1. The van der Waals surface area contributed by atoms with Gasteiger partial charge in [-0.05, 0) is 49.1 Å². The summed E-state index contributed by atoms with van der Waals surface area (Å²) in [5.74, 6) is 0.911. The average Bonchev–Trinajstić information content (AvgIpc) is 3.03. The number of urea groups is 1. The number of rotatable bonds is 4. The van der Waals surface area contributed by atoms with E-state index in [0.717, 1.165) is 28.9 Å². The summed E-state index contributed by atoms with van der Waals surface area (Å²) in [5, 5.41) is 3.11. The van der Waals surface area contributed by atoms with Crippen molar-refractivity contribution in [3.05, 3.63) is 58.9 Å². The summed E-state index contributed by atoms with van der Waals surface area (Å²) in [6.45, 7) is 6.68. The Kier molecular flexibility index (Phi) is 4.93. The van der Waals surface area contributed by atoms with Gasteiger partial charge in [-0.25, -0.2) is 4.79 Å². The Morgan fingerprint density at radius 2 is 2.04 bits per heavy atom. The second kappa shape index (κ2) is 7.13. The smallest absolute Gasteiger partial charge is 0.318 e. The molecule has 0 spiro atoms. The molecule has 3 rings (SSSR count). The summed E-state index contributed by atoms with van der Waals surface area (Å²) in [7, 11) is 1.83. The summed E-state index contributed by atoms with van der Waals surface area (Å²) in [5.41, 5.74) is 4.49. The van der Waals surface area contributed by atoms with Crippen molar-refractivity contribution in [3.8, 4) is 5.75 Å². The molecule has 0 bridgehead atoms. The van der Waals surface area contributed by atoms with Gasteiger partial charge in [-0.3, -0.25) is 4.98 Å². The Labute approximate surface area is 149 Å². The number of fused-ring (bicyclic) bond motifs is 1. The SMILES string of the molecule is CCC(c1ccncc1)N(C)C(=O)NC1COc2c1ccc(C)c2C. The molecule has 2 heterocycles. The Bertz CT molecular complexity index is 761. The van der Waals surface area contributed by atoms with Crippen molar-refractivity contribution in [3.63, 3.8) is 0 Å². The Hall–Kier alpha value is -2.56. The number of amides is 2. The van der Waals surface area contributed by atoms with Gasteiger partial charge in [0, 0.05) is 25.0 Å². The molecule has 132 valence electrons. The maximum absolute atomic E-state index is 12.8. The molecule has 0 radical (unpaired) electrons. The molecule has 1 aromatic carbocycles. The molecule has 2 aromatic rings. The fourth-order valence-corrected chi connectivity index (χ4v) is 3.36. The Morgan fingerprint density at radius 1 is 1.32 bits per heavy atom. The highest BCUT2D eigenvalue weighted by Gasteiger charge is 2.29. The maximum Gasteiger partial charge on any atom is 0.318 e. The van der Waals surface area contributed by atoms with Crippen LogP contribution in [0.1, 0.15) is 47.7 Å². The van der Waals surface area contributed by atoms with Crippen molar-refractivity contribution in [2.24, 2.45) is 0 Å². The molecular formula is C20H25N3O2. The van der Waals surface area contributed by atoms with E-state index < -0.39 is 0 Å². The molecule has 0 aliphatic carbocycles. The van der Waals surface area contributed by atoms with Crippen LogP contribution in [0.4, 0.5) is 4.79 Å². The second-order valence-electron chi connectivity index (χ2n) is 6.55. The highest BCUT2D eigenvalue weighted by molar-refractivity contribution is 5.75. The number of benzene rings is 1. The van der Waals surface area contributed by atoms with Gasteiger partial charge in [-0.1, -0.05) is 19.1 Å². The Morgan fingerprint density at radius 3 is 2.72 bits per heavy atom. The van der Waals surface area contributed by atoms with E-state index in [9.17, 15) is 4.79 Å². The zero-order valence-electron chi connectivity index (χ0n) is 15.2. The summed E-state index contributed by atoms with van der Waals surface area (Å²) >= 11 is 0. The van der Waals surface area contributed by atoms with Gasteiger partial charge in [0.1, 0.15) is 12.4 Å². The van der Waals surface area contributed by atoms with Crippen LogP contribution in [0.15, 0.2) is 36.7 Å². The minimum Gasteiger partial charge on any atom is -0.490 e. The molecule has 1 aliphatic rings. The minimum atomic E-state index is -0.112. The zero-order chi connectivity index (χ0) is 18.0. The molecule has 0 saturated heterocycles. The predicted octanol–water partition coefficient (Wildman–Crippen LogP) is 3.92. The van der Waals surface area contributed by atoms with E-state index in [1.807, 2.05) is 19.2 Å². The normalized spacial score (nSPS) is 16.7. The quantitative estimate of drug-likeness (QED) is 0.918. The van der Waals surface area contributed by atoms with Crippen LogP contribution in [-0.2, 0) is 0 Å². The van der Waals surface area contributed by atoms with Gasteiger partial charge < -0.3 is 15.0 Å². The molecule has 5 heteroatoms. The molecule has 2 unspecified atom stereocenters. The number of aromatic nitrogens is 1. The van der Waals surface area contributed by atoms with E-state index in [2.05, 4.69) is 43.2 Å². The van der Waals surface area contributed by atoms with Crippen molar-refractivity contribution in [1.29, 1.82) is 0 Å². The van der Waals surface area contributed by atoms with E-state index in [1.165, 1.54) is 5.56 Å². The van der Waals surface area contributed by atoms with Gasteiger partial charge in [0.05, 0.1) is 12.1 Å². The zero-order valence-corrected chi connectivity index (χ0v) is 15.2. The molecule has 1 aliphatic heterocycles. The van der Waals surface area contributed by atoms with Crippen LogP contribution in [0.3, 0.4) is 0 Å². The van der Waals surface area contributed by atoms with Gasteiger partial charge in [0.2, 0.25) is 0 Å². The molecule has 0 fully saturated rings. The first-order valence-corrected chi connectivity index (χ1v) is 8.69. The van der Waals surface area contributed by atoms with Gasteiger partial charge in [0.15, 0.2) is 0 Å². The lowest BCUT2D eigenvalue weighted by atomic mass is 10.0. The number of pyridine rings is 1. The number of hydrogen-bond acceptors (Lipinski definition) is 3. The monoisotopic (exact) mass is 339 g/mol. The average molecular weight is 339 g/mol. The molecule has 25 heavy (non-hydrogen) atoms. The van der Waals surface area contributed by atoms with Crippen LogP contribution in [0, 0.1) is 13.8 Å². The third-order valence-electron chi connectivity index (χ3n) is 5.04. The first kappa shape index (κ1) is 17.3. The van der Waals surface area contributed by atoms with E-state index in [-0.39, 0.29) is 18.1 Å². The number of aryl methyl sites for hydroxylation is 1. The topological polar surface area (TPSA) is 54.5 Å². The summed E-state index contributed by atoms with van der Waals surface area (Å²) < 4.78 is 5.83. The molecule has 1 aromatic heterocycles. The van der Waals surface area contributed by atoms with Crippen molar-refractivity contribution in [2.75, 3.05) is 13.7 Å². The van der Waals surface area contributed by atoms with Crippen LogP contribution in [0.25, 0.3) is 0 Å². The van der Waals surface area contributed by atoms with Crippen LogP contribution < -0.4 is 10.1 Å². The van der Waals surface area contributed by atoms with E-state index >= 15 is 0 Å². The molecule has 2 atom stereocenters. The predicted molar refractivity (Wildman–Crippen MR) is 97.7 cm³/mol. The lowest BCUT2D eigenvalue weighted by Crippen LogP contribution is -2.41. The van der Waals surface area contributed by atoms with Gasteiger partial charge in [0.25, 0.3) is 0 Å². The third-order valence-corrected chi connectivity index (χ3v) is 5.04. The van der Waals surface area contributed by atoms with Crippen LogP contribution in [-0.4, -0.2) is 29.6 Å². The van der Waals surface area contributed by atoms with Gasteiger partial charge in [-0.15, -0.1) is 0 Å². The van der Waals surface area contributed by atoms with Crippen molar-refractivity contribution in [2.45, 2.75) is 39.3 Å². The van der Waals surface area contributed by atoms with Crippen LogP contribution in [0.2, 0.25) is 0 Å². The van der Waals surface area contributed by atoms with Crippen LogP contribution >= 0.6 is 0 Å². The summed E-state index contributed by atoms with van der Waals surface area (Å²) in [6, 6.07) is 7.86. The van der Waals surface area contributed by atoms with Gasteiger partial charge >= 0.3 is 6.03 Å².